The molecule has 0 radical (unpaired) electrons. The van der Waals surface area contributed by atoms with Crippen molar-refractivity contribution in [3.8, 4) is 0 Å². The fourth-order valence-corrected chi connectivity index (χ4v) is 3.37. The molecule has 2 amide bonds. The van der Waals surface area contributed by atoms with Crippen LogP contribution in [0.15, 0.2) is 84.9 Å². The number of nitrogens with zero attached hydrogens (tertiary/aromatic N) is 2. The number of benzene rings is 3. The van der Waals surface area contributed by atoms with Crippen LogP contribution in [0, 0.1) is 13.8 Å². The Hall–Kier alpha value is -4.92. The molecule has 0 aliphatic heterocycles. The summed E-state index contributed by atoms with van der Waals surface area (Å²) < 4.78 is 5.10. The Kier molecular flexibility index (Phi) is 8.28. The first-order valence-corrected chi connectivity index (χ1v) is 11.7. The lowest BCUT2D eigenvalue weighted by atomic mass is 10.2. The third kappa shape index (κ3) is 8.07. The molecule has 1 heterocycles. The molecular weight excluding hydrogens is 468 g/mol. The second-order valence-corrected chi connectivity index (χ2v) is 8.38. The smallest absolute Gasteiger partial charge is 0.407 e. The quantitative estimate of drug-likeness (QED) is 0.244. The zero-order valence-corrected chi connectivity index (χ0v) is 20.6. The Bertz CT molecular complexity index is 1340. The Morgan fingerprint density at radius 1 is 0.784 bits per heavy atom. The van der Waals surface area contributed by atoms with E-state index in [1.165, 1.54) is 5.56 Å². The lowest BCUT2D eigenvalue weighted by Crippen LogP contribution is -2.33. The Morgan fingerprint density at radius 3 is 2.16 bits per heavy atom. The number of aromatic nitrogens is 2. The summed E-state index contributed by atoms with van der Waals surface area (Å²) in [5, 5.41) is 11.6. The van der Waals surface area contributed by atoms with Crippen LogP contribution in [-0.2, 0) is 16.1 Å². The number of alkyl carbamates (subject to hydrolysis) is 1. The molecule has 0 unspecified atom stereocenters. The van der Waals surface area contributed by atoms with Gasteiger partial charge >= 0.3 is 6.09 Å². The summed E-state index contributed by atoms with van der Waals surface area (Å²) in [4.78, 5) is 33.0. The van der Waals surface area contributed by atoms with Crippen molar-refractivity contribution in [2.24, 2.45) is 0 Å². The van der Waals surface area contributed by atoms with Crippen LogP contribution >= 0.6 is 0 Å². The maximum Gasteiger partial charge on any atom is 0.407 e. The summed E-state index contributed by atoms with van der Waals surface area (Å²) in [6.45, 7) is 3.87. The molecule has 0 fully saturated rings. The first-order valence-electron chi connectivity index (χ1n) is 11.7. The molecule has 1 aromatic heterocycles. The van der Waals surface area contributed by atoms with Crippen LogP contribution in [0.5, 0.6) is 0 Å². The molecule has 0 aliphatic rings. The van der Waals surface area contributed by atoms with E-state index in [4.69, 9.17) is 4.74 Å². The summed E-state index contributed by atoms with van der Waals surface area (Å²) in [6, 6.07) is 26.3. The summed E-state index contributed by atoms with van der Waals surface area (Å²) in [6.07, 6.45) is -0.659. The fourth-order valence-electron chi connectivity index (χ4n) is 3.37. The molecule has 0 spiro atoms. The number of hydrogen-bond acceptors (Lipinski definition) is 7. The Balaban J connectivity index is 1.26. The average Bonchev–Trinajstić information content (AvgIpc) is 2.89. The predicted molar refractivity (Wildman–Crippen MR) is 144 cm³/mol. The topological polar surface area (TPSA) is 117 Å². The summed E-state index contributed by atoms with van der Waals surface area (Å²) in [7, 11) is 0. The van der Waals surface area contributed by atoms with Crippen molar-refractivity contribution in [1.82, 2.24) is 15.3 Å². The van der Waals surface area contributed by atoms with Crippen molar-refractivity contribution in [2.75, 3.05) is 22.5 Å². The second kappa shape index (κ2) is 12.2. The van der Waals surface area contributed by atoms with Crippen LogP contribution in [-0.4, -0.2) is 28.5 Å². The monoisotopic (exact) mass is 496 g/mol. The number of nitrogens with one attached hydrogen (secondary N) is 4. The van der Waals surface area contributed by atoms with Gasteiger partial charge in [-0.25, -0.2) is 9.78 Å². The molecule has 0 saturated carbocycles. The normalized spacial score (nSPS) is 10.3. The minimum atomic E-state index is -0.659. The number of hydrogen-bond donors (Lipinski definition) is 4. The standard InChI is InChI=1S/C28H28N6O3/c1-19-8-10-22(11-9-19)31-25-16-20(2)30-27(34-25)33-24-14-12-23(13-15-24)32-26(35)17-29-28(36)37-18-21-6-4-3-5-7-21/h3-16H,17-18H2,1-2H3,(H,29,36)(H,32,35)(H2,30,31,33,34). The van der Waals surface area contributed by atoms with Gasteiger partial charge in [0.2, 0.25) is 11.9 Å². The van der Waals surface area contributed by atoms with Gasteiger partial charge in [-0.3, -0.25) is 4.79 Å². The largest absolute Gasteiger partial charge is 0.445 e. The summed E-state index contributed by atoms with van der Waals surface area (Å²) in [5.74, 6) is 0.758. The van der Waals surface area contributed by atoms with Crippen molar-refractivity contribution in [1.29, 1.82) is 0 Å². The molecule has 0 bridgehead atoms. The SMILES string of the molecule is Cc1ccc(Nc2cc(C)nc(Nc3ccc(NC(=O)CNC(=O)OCc4ccccc4)cc3)n2)cc1. The fraction of sp³-hybridized carbons (Fsp3) is 0.143. The molecule has 0 saturated heterocycles. The molecule has 188 valence electrons. The lowest BCUT2D eigenvalue weighted by Gasteiger charge is -2.11. The third-order valence-electron chi connectivity index (χ3n) is 5.21. The average molecular weight is 497 g/mol. The molecule has 4 aromatic rings. The van der Waals surface area contributed by atoms with E-state index < -0.39 is 6.09 Å². The first kappa shape index (κ1) is 25.2. The molecule has 9 heteroatoms. The van der Waals surface area contributed by atoms with Crippen LogP contribution in [0.2, 0.25) is 0 Å². The van der Waals surface area contributed by atoms with E-state index in [-0.39, 0.29) is 19.1 Å². The number of rotatable bonds is 9. The molecule has 4 N–H and O–H groups in total. The van der Waals surface area contributed by atoms with E-state index in [0.29, 0.717) is 17.5 Å². The van der Waals surface area contributed by atoms with Gasteiger partial charge in [0, 0.05) is 28.8 Å². The lowest BCUT2D eigenvalue weighted by molar-refractivity contribution is -0.115. The number of carbonyl (C=O) groups is 2. The first-order chi connectivity index (χ1) is 17.9. The molecule has 37 heavy (non-hydrogen) atoms. The third-order valence-corrected chi connectivity index (χ3v) is 5.21. The van der Waals surface area contributed by atoms with Crippen LogP contribution in [0.1, 0.15) is 16.8 Å². The molecular formula is C28H28N6O3. The highest BCUT2D eigenvalue weighted by atomic mass is 16.5. The Labute approximate surface area is 215 Å². The van der Waals surface area contributed by atoms with Gasteiger partial charge in [0.1, 0.15) is 19.0 Å². The second-order valence-electron chi connectivity index (χ2n) is 8.38. The number of carbonyl (C=O) groups excluding carboxylic acids is 2. The van der Waals surface area contributed by atoms with E-state index in [0.717, 1.165) is 22.6 Å². The Morgan fingerprint density at radius 2 is 1.43 bits per heavy atom. The number of anilines is 5. The molecule has 9 nitrogen and oxygen atoms in total. The molecule has 0 atom stereocenters. The minimum absolute atomic E-state index is 0.136. The van der Waals surface area contributed by atoms with E-state index in [2.05, 4.69) is 31.2 Å². The van der Waals surface area contributed by atoms with Gasteiger partial charge in [-0.1, -0.05) is 48.0 Å². The van der Waals surface area contributed by atoms with Crippen molar-refractivity contribution in [2.45, 2.75) is 20.5 Å². The van der Waals surface area contributed by atoms with Gasteiger partial charge in [0.05, 0.1) is 0 Å². The van der Waals surface area contributed by atoms with E-state index in [9.17, 15) is 9.59 Å². The van der Waals surface area contributed by atoms with Crippen LogP contribution < -0.4 is 21.3 Å². The van der Waals surface area contributed by atoms with Gasteiger partial charge in [-0.05, 0) is 55.8 Å². The molecule has 3 aromatic carbocycles. The van der Waals surface area contributed by atoms with Crippen molar-refractivity contribution < 1.29 is 14.3 Å². The van der Waals surface area contributed by atoms with E-state index >= 15 is 0 Å². The highest BCUT2D eigenvalue weighted by Gasteiger charge is 2.08. The number of ether oxygens (including phenoxy) is 1. The zero-order chi connectivity index (χ0) is 26.0. The minimum Gasteiger partial charge on any atom is -0.445 e. The van der Waals surface area contributed by atoms with Crippen molar-refractivity contribution in [3.63, 3.8) is 0 Å². The maximum atomic E-state index is 12.2. The van der Waals surface area contributed by atoms with Gasteiger partial charge in [-0.2, -0.15) is 4.98 Å². The van der Waals surface area contributed by atoms with Crippen molar-refractivity contribution >= 4 is 40.8 Å². The molecule has 0 aliphatic carbocycles. The van der Waals surface area contributed by atoms with Crippen LogP contribution in [0.25, 0.3) is 0 Å². The van der Waals surface area contributed by atoms with Gasteiger partial charge in [-0.15, -0.1) is 0 Å². The summed E-state index contributed by atoms with van der Waals surface area (Å²) in [5.41, 5.74) is 5.14. The highest BCUT2D eigenvalue weighted by molar-refractivity contribution is 5.94. The predicted octanol–water partition coefficient (Wildman–Crippen LogP) is 5.45. The van der Waals surface area contributed by atoms with Crippen LogP contribution in [0.3, 0.4) is 0 Å². The number of amides is 2. The van der Waals surface area contributed by atoms with E-state index in [1.54, 1.807) is 24.3 Å². The number of aryl methyl sites for hydroxylation is 2. The van der Waals surface area contributed by atoms with Crippen molar-refractivity contribution in [3.05, 3.63) is 102 Å². The van der Waals surface area contributed by atoms with E-state index in [1.807, 2.05) is 74.5 Å². The van der Waals surface area contributed by atoms with Gasteiger partial charge in [0.15, 0.2) is 0 Å². The molecule has 4 rings (SSSR count). The van der Waals surface area contributed by atoms with Crippen LogP contribution in [0.4, 0.5) is 33.6 Å². The summed E-state index contributed by atoms with van der Waals surface area (Å²) >= 11 is 0. The van der Waals surface area contributed by atoms with Gasteiger partial charge in [0.25, 0.3) is 0 Å². The zero-order valence-electron chi connectivity index (χ0n) is 20.6. The highest BCUT2D eigenvalue weighted by Crippen LogP contribution is 2.21. The maximum absolute atomic E-state index is 12.2. The van der Waals surface area contributed by atoms with Gasteiger partial charge < -0.3 is 26.0 Å².